The van der Waals surface area contributed by atoms with E-state index in [0.29, 0.717) is 24.7 Å². The summed E-state index contributed by atoms with van der Waals surface area (Å²) in [6, 6.07) is 5.48. The summed E-state index contributed by atoms with van der Waals surface area (Å²) >= 11 is 5.09. The summed E-state index contributed by atoms with van der Waals surface area (Å²) in [7, 11) is 1.61. The molecule has 1 fully saturated rings. The van der Waals surface area contributed by atoms with Gasteiger partial charge in [-0.1, -0.05) is 12.2 Å². The Kier molecular flexibility index (Phi) is 4.57. The van der Waals surface area contributed by atoms with Gasteiger partial charge in [0.05, 0.1) is 38.7 Å². The van der Waals surface area contributed by atoms with Crippen LogP contribution in [0, 0.1) is 0 Å². The van der Waals surface area contributed by atoms with Crippen molar-refractivity contribution >= 4 is 22.9 Å². The Morgan fingerprint density at radius 3 is 3.05 bits per heavy atom. The number of rotatable bonds is 4. The third-order valence-corrected chi connectivity index (χ3v) is 3.44. The van der Waals surface area contributed by atoms with Crippen molar-refractivity contribution in [3.8, 4) is 5.75 Å². The molecule has 0 radical (unpaired) electrons. The summed E-state index contributed by atoms with van der Waals surface area (Å²) < 4.78 is 10.6. The monoisotopic (exact) mass is 282 g/mol. The van der Waals surface area contributed by atoms with E-state index >= 15 is 0 Å². The molecule has 0 aromatic heterocycles. The third kappa shape index (κ3) is 2.97. The number of aliphatic hydroxyl groups is 1. The lowest BCUT2D eigenvalue weighted by Gasteiger charge is -2.37. The molecule has 19 heavy (non-hydrogen) atoms. The number of thiocarbonyl (C=S) groups is 1. The maximum absolute atomic E-state index is 9.46. The molecule has 1 aromatic carbocycles. The second-order valence-electron chi connectivity index (χ2n) is 4.35. The summed E-state index contributed by atoms with van der Waals surface area (Å²) in [4.78, 5) is 2.40. The largest absolute Gasteiger partial charge is 0.497 e. The van der Waals surface area contributed by atoms with Gasteiger partial charge in [-0.25, -0.2) is 0 Å². The van der Waals surface area contributed by atoms with Gasteiger partial charge in [0, 0.05) is 18.2 Å². The molecule has 6 heteroatoms. The van der Waals surface area contributed by atoms with Gasteiger partial charge >= 0.3 is 0 Å². The van der Waals surface area contributed by atoms with E-state index in [1.54, 1.807) is 7.11 Å². The summed E-state index contributed by atoms with van der Waals surface area (Å²) in [5.74, 6) is 0.734. The number of hydrogen-bond acceptors (Lipinski definition) is 5. The van der Waals surface area contributed by atoms with E-state index in [1.165, 1.54) is 0 Å². The van der Waals surface area contributed by atoms with Crippen molar-refractivity contribution in [2.24, 2.45) is 5.73 Å². The van der Waals surface area contributed by atoms with Gasteiger partial charge in [0.25, 0.3) is 0 Å². The summed E-state index contributed by atoms with van der Waals surface area (Å²) in [6.07, 6.45) is 0. The molecule has 1 saturated heterocycles. The number of nitrogens with zero attached hydrogens (tertiary/aromatic N) is 1. The summed E-state index contributed by atoms with van der Waals surface area (Å²) in [5.41, 5.74) is 7.44. The van der Waals surface area contributed by atoms with Gasteiger partial charge in [-0.2, -0.15) is 0 Å². The maximum atomic E-state index is 9.46. The first-order valence-corrected chi connectivity index (χ1v) is 6.51. The average Bonchev–Trinajstić information content (AvgIpc) is 2.46. The van der Waals surface area contributed by atoms with Crippen LogP contribution >= 0.6 is 12.2 Å². The van der Waals surface area contributed by atoms with Gasteiger partial charge < -0.3 is 25.2 Å². The van der Waals surface area contributed by atoms with Gasteiger partial charge in [0.2, 0.25) is 0 Å². The first-order valence-electron chi connectivity index (χ1n) is 6.10. The Bertz CT molecular complexity index is 467. The molecule has 0 saturated carbocycles. The minimum Gasteiger partial charge on any atom is -0.497 e. The van der Waals surface area contributed by atoms with Crippen LogP contribution in [0.25, 0.3) is 0 Å². The van der Waals surface area contributed by atoms with E-state index in [9.17, 15) is 5.11 Å². The van der Waals surface area contributed by atoms with Crippen molar-refractivity contribution in [3.05, 3.63) is 23.8 Å². The molecule has 2 rings (SSSR count). The first-order chi connectivity index (χ1) is 9.17. The van der Waals surface area contributed by atoms with E-state index < -0.39 is 0 Å². The van der Waals surface area contributed by atoms with Crippen LogP contribution in [0.15, 0.2) is 18.2 Å². The fourth-order valence-electron chi connectivity index (χ4n) is 2.21. The number of benzene rings is 1. The molecule has 1 atom stereocenters. The Labute approximate surface area is 117 Å². The highest BCUT2D eigenvalue weighted by Crippen LogP contribution is 2.28. The van der Waals surface area contributed by atoms with E-state index in [4.69, 9.17) is 27.4 Å². The zero-order valence-electron chi connectivity index (χ0n) is 10.8. The molecule has 0 bridgehead atoms. The van der Waals surface area contributed by atoms with Gasteiger partial charge in [-0.15, -0.1) is 0 Å². The Morgan fingerprint density at radius 2 is 2.42 bits per heavy atom. The zero-order valence-corrected chi connectivity index (χ0v) is 11.7. The third-order valence-electron chi connectivity index (χ3n) is 3.22. The number of nitrogens with two attached hydrogens (primary N) is 1. The lowest BCUT2D eigenvalue weighted by atomic mass is 10.1. The molecule has 1 aromatic rings. The van der Waals surface area contributed by atoms with Crippen LogP contribution in [0.1, 0.15) is 5.56 Å². The van der Waals surface area contributed by atoms with Gasteiger partial charge in [-0.05, 0) is 12.1 Å². The SMILES string of the molecule is COc1ccc(C(N)=S)c(N2CCOCC2CO)c1. The normalized spacial score (nSPS) is 19.3. The fraction of sp³-hybridized carbons (Fsp3) is 0.462. The van der Waals surface area contributed by atoms with Gasteiger partial charge in [0.15, 0.2) is 0 Å². The first kappa shape index (κ1) is 14.0. The fourth-order valence-corrected chi connectivity index (χ4v) is 2.38. The standard InChI is InChI=1S/C13H18N2O3S/c1-17-10-2-3-11(13(14)19)12(6-10)15-4-5-18-8-9(15)7-16/h2-3,6,9,16H,4-5,7-8H2,1H3,(H2,14,19). The van der Waals surface area contributed by atoms with E-state index in [0.717, 1.165) is 17.0 Å². The molecule has 0 spiro atoms. The van der Waals surface area contributed by atoms with Crippen molar-refractivity contribution < 1.29 is 14.6 Å². The predicted molar refractivity (Wildman–Crippen MR) is 77.9 cm³/mol. The Morgan fingerprint density at radius 1 is 1.63 bits per heavy atom. The van der Waals surface area contributed by atoms with E-state index in [1.807, 2.05) is 18.2 Å². The van der Waals surface area contributed by atoms with Crippen LogP contribution in [-0.4, -0.2) is 49.6 Å². The molecule has 5 nitrogen and oxygen atoms in total. The number of hydrogen-bond donors (Lipinski definition) is 2. The average molecular weight is 282 g/mol. The Hall–Kier alpha value is -1.37. The van der Waals surface area contributed by atoms with Crippen molar-refractivity contribution in [1.29, 1.82) is 0 Å². The van der Waals surface area contributed by atoms with Crippen LogP contribution in [-0.2, 0) is 4.74 Å². The maximum Gasteiger partial charge on any atom is 0.120 e. The molecular weight excluding hydrogens is 264 g/mol. The predicted octanol–water partition coefficient (Wildman–Crippen LogP) is 0.527. The van der Waals surface area contributed by atoms with Crippen LogP contribution in [0.2, 0.25) is 0 Å². The molecule has 1 aliphatic heterocycles. The topological polar surface area (TPSA) is 68.0 Å². The van der Waals surface area contributed by atoms with Crippen LogP contribution in [0.3, 0.4) is 0 Å². The van der Waals surface area contributed by atoms with Crippen molar-refractivity contribution in [1.82, 2.24) is 0 Å². The number of methoxy groups -OCH3 is 1. The summed E-state index contributed by atoms with van der Waals surface area (Å²) in [6.45, 7) is 1.82. The molecule has 104 valence electrons. The number of morpholine rings is 1. The van der Waals surface area contributed by atoms with Crippen molar-refractivity contribution in [2.75, 3.05) is 38.4 Å². The summed E-state index contributed by atoms with van der Waals surface area (Å²) in [5, 5.41) is 9.46. The quantitative estimate of drug-likeness (QED) is 0.785. The van der Waals surface area contributed by atoms with Crippen molar-refractivity contribution in [3.63, 3.8) is 0 Å². The van der Waals surface area contributed by atoms with Gasteiger partial charge in [-0.3, -0.25) is 0 Å². The number of ether oxygens (including phenoxy) is 2. The van der Waals surface area contributed by atoms with Gasteiger partial charge in [0.1, 0.15) is 10.7 Å². The lowest BCUT2D eigenvalue weighted by molar-refractivity contribution is 0.0727. The van der Waals surface area contributed by atoms with E-state index in [-0.39, 0.29) is 12.6 Å². The molecule has 1 unspecified atom stereocenters. The molecule has 3 N–H and O–H groups in total. The lowest BCUT2D eigenvalue weighted by Crippen LogP contribution is -2.48. The zero-order chi connectivity index (χ0) is 13.8. The highest BCUT2D eigenvalue weighted by Gasteiger charge is 2.25. The highest BCUT2D eigenvalue weighted by molar-refractivity contribution is 7.80. The highest BCUT2D eigenvalue weighted by atomic mass is 32.1. The van der Waals surface area contributed by atoms with E-state index in [2.05, 4.69) is 4.90 Å². The molecule has 0 amide bonds. The minimum atomic E-state index is -0.0889. The minimum absolute atomic E-state index is 0.0218. The molecule has 0 aliphatic carbocycles. The van der Waals surface area contributed by atoms with Crippen LogP contribution in [0.4, 0.5) is 5.69 Å². The van der Waals surface area contributed by atoms with Crippen molar-refractivity contribution in [2.45, 2.75) is 6.04 Å². The van der Waals surface area contributed by atoms with Crippen LogP contribution in [0.5, 0.6) is 5.75 Å². The number of aliphatic hydroxyl groups excluding tert-OH is 1. The molecule has 1 heterocycles. The second kappa shape index (κ2) is 6.18. The second-order valence-corrected chi connectivity index (χ2v) is 4.79. The Balaban J connectivity index is 2.42. The number of anilines is 1. The smallest absolute Gasteiger partial charge is 0.120 e. The molecule has 1 aliphatic rings. The van der Waals surface area contributed by atoms with Crippen LogP contribution < -0.4 is 15.4 Å². The molecular formula is C13H18N2O3S.